The van der Waals surface area contributed by atoms with E-state index in [1.54, 1.807) is 6.92 Å². The Balaban J connectivity index is 0.00000312. The fraction of sp³-hybridized carbons (Fsp3) is 0.556. The summed E-state index contributed by atoms with van der Waals surface area (Å²) in [5.74, 6) is 0.0714. The van der Waals surface area contributed by atoms with Gasteiger partial charge in [0.15, 0.2) is 0 Å². The van der Waals surface area contributed by atoms with Gasteiger partial charge in [-0.2, -0.15) is 0 Å². The number of likely N-dealkylation sites (N-methyl/N-ethyl adjacent to an activating group) is 1. The van der Waals surface area contributed by atoms with Crippen LogP contribution in [0.4, 0.5) is 5.69 Å². The number of piperazine rings is 1. The van der Waals surface area contributed by atoms with E-state index in [1.807, 2.05) is 29.2 Å². The summed E-state index contributed by atoms with van der Waals surface area (Å²) in [5.41, 5.74) is 7.30. The van der Waals surface area contributed by atoms with Crippen LogP contribution in [0.3, 0.4) is 0 Å². The number of amides is 2. The first-order chi connectivity index (χ1) is 11.5. The molecule has 1 fully saturated rings. The maximum absolute atomic E-state index is 12.4. The number of anilines is 1. The van der Waals surface area contributed by atoms with Crippen molar-refractivity contribution in [3.05, 3.63) is 29.8 Å². The highest BCUT2D eigenvalue weighted by atomic mass is 35.5. The zero-order valence-corrected chi connectivity index (χ0v) is 17.1. The summed E-state index contributed by atoms with van der Waals surface area (Å²) in [4.78, 5) is 28.3. The molecule has 1 atom stereocenters. The number of hydrogen-bond acceptors (Lipinski definition) is 4. The molecule has 1 aliphatic rings. The van der Waals surface area contributed by atoms with E-state index in [4.69, 9.17) is 5.73 Å². The molecule has 2 rings (SSSR count). The Labute approximate surface area is 168 Å². The predicted octanol–water partition coefficient (Wildman–Crippen LogP) is 1.91. The summed E-state index contributed by atoms with van der Waals surface area (Å²) in [6.45, 7) is 8.49. The second-order valence-corrected chi connectivity index (χ2v) is 6.42. The first kappa shape index (κ1) is 24.7. The fourth-order valence-corrected chi connectivity index (χ4v) is 2.81. The van der Waals surface area contributed by atoms with Crippen LogP contribution in [0.15, 0.2) is 24.3 Å². The summed E-state index contributed by atoms with van der Waals surface area (Å²) in [6, 6.07) is 7.28. The third-order valence-corrected chi connectivity index (χ3v) is 4.27. The van der Waals surface area contributed by atoms with Gasteiger partial charge >= 0.3 is 0 Å². The van der Waals surface area contributed by atoms with Gasteiger partial charge in [0.1, 0.15) is 0 Å². The Kier molecular flexibility index (Phi) is 11.5. The molecule has 0 saturated carbocycles. The minimum Gasteiger partial charge on any atom is -0.340 e. The molecule has 148 valence electrons. The lowest BCUT2D eigenvalue weighted by molar-refractivity contribution is -0.132. The summed E-state index contributed by atoms with van der Waals surface area (Å²) >= 11 is 0. The molecule has 1 heterocycles. The molecule has 0 radical (unpaired) electrons. The van der Waals surface area contributed by atoms with Crippen molar-refractivity contribution in [3.8, 4) is 0 Å². The maximum atomic E-state index is 12.4. The van der Waals surface area contributed by atoms with Crippen molar-refractivity contribution in [2.45, 2.75) is 32.7 Å². The van der Waals surface area contributed by atoms with Crippen molar-refractivity contribution in [1.82, 2.24) is 9.80 Å². The number of rotatable bonds is 6. The normalized spacial score (nSPS) is 15.4. The van der Waals surface area contributed by atoms with Crippen LogP contribution in [-0.4, -0.2) is 60.4 Å². The Morgan fingerprint density at radius 3 is 2.19 bits per heavy atom. The Bertz CT molecular complexity index is 559. The number of hydrogen-bond donors (Lipinski definition) is 2. The van der Waals surface area contributed by atoms with Gasteiger partial charge in [0.05, 0.1) is 6.42 Å². The molecule has 1 saturated heterocycles. The summed E-state index contributed by atoms with van der Waals surface area (Å²) < 4.78 is 0. The van der Waals surface area contributed by atoms with Crippen LogP contribution in [0.25, 0.3) is 0 Å². The van der Waals surface area contributed by atoms with Crippen molar-refractivity contribution in [2.24, 2.45) is 5.73 Å². The number of nitrogens with zero attached hydrogens (tertiary/aromatic N) is 2. The average molecular weight is 405 g/mol. The van der Waals surface area contributed by atoms with Gasteiger partial charge in [-0.25, -0.2) is 0 Å². The lowest BCUT2D eigenvalue weighted by atomic mass is 10.1. The fourth-order valence-electron chi connectivity index (χ4n) is 2.81. The van der Waals surface area contributed by atoms with E-state index in [-0.39, 0.29) is 42.7 Å². The van der Waals surface area contributed by atoms with E-state index in [0.717, 1.165) is 44.0 Å². The molecule has 6 nitrogen and oxygen atoms in total. The highest BCUT2D eigenvalue weighted by Crippen LogP contribution is 2.12. The van der Waals surface area contributed by atoms with E-state index in [2.05, 4.69) is 17.1 Å². The van der Waals surface area contributed by atoms with Gasteiger partial charge in [0.25, 0.3) is 0 Å². The smallest absolute Gasteiger partial charge is 0.227 e. The van der Waals surface area contributed by atoms with Gasteiger partial charge in [0.2, 0.25) is 11.8 Å². The highest BCUT2D eigenvalue weighted by molar-refractivity contribution is 5.91. The quantitative estimate of drug-likeness (QED) is 0.758. The predicted molar refractivity (Wildman–Crippen MR) is 110 cm³/mol. The van der Waals surface area contributed by atoms with E-state index < -0.39 is 0 Å². The lowest BCUT2D eigenvalue weighted by Crippen LogP contribution is -2.48. The molecular formula is C18H30Cl2N4O2. The first-order valence-electron chi connectivity index (χ1n) is 8.62. The number of nitrogens with two attached hydrogens (primary N) is 1. The number of benzene rings is 1. The zero-order valence-electron chi connectivity index (χ0n) is 15.4. The van der Waals surface area contributed by atoms with Crippen molar-refractivity contribution in [3.63, 3.8) is 0 Å². The second-order valence-electron chi connectivity index (χ2n) is 6.42. The maximum Gasteiger partial charge on any atom is 0.227 e. The Morgan fingerprint density at radius 1 is 1.12 bits per heavy atom. The molecule has 1 aromatic rings. The monoisotopic (exact) mass is 404 g/mol. The minimum atomic E-state index is -0.157. The number of carbonyl (C=O) groups is 2. The third kappa shape index (κ3) is 7.91. The Morgan fingerprint density at radius 2 is 1.69 bits per heavy atom. The van der Waals surface area contributed by atoms with Crippen LogP contribution in [0.5, 0.6) is 0 Å². The highest BCUT2D eigenvalue weighted by Gasteiger charge is 2.20. The van der Waals surface area contributed by atoms with Crippen LogP contribution in [0.2, 0.25) is 0 Å². The number of carbonyl (C=O) groups excluding carboxylic acids is 2. The van der Waals surface area contributed by atoms with E-state index in [1.165, 1.54) is 0 Å². The topological polar surface area (TPSA) is 78.7 Å². The lowest BCUT2D eigenvalue weighted by Gasteiger charge is -2.34. The molecular weight excluding hydrogens is 375 g/mol. The van der Waals surface area contributed by atoms with Crippen molar-refractivity contribution < 1.29 is 9.59 Å². The molecule has 0 bridgehead atoms. The van der Waals surface area contributed by atoms with Crippen LogP contribution in [0.1, 0.15) is 25.8 Å². The molecule has 0 aromatic heterocycles. The Hall–Kier alpha value is -1.34. The molecule has 2 amide bonds. The summed E-state index contributed by atoms with van der Waals surface area (Å²) in [7, 11) is 0. The summed E-state index contributed by atoms with van der Waals surface area (Å²) in [6.07, 6.45) is 0.699. The van der Waals surface area contributed by atoms with Gasteiger partial charge in [-0.1, -0.05) is 19.1 Å². The first-order valence-corrected chi connectivity index (χ1v) is 8.62. The van der Waals surface area contributed by atoms with Gasteiger partial charge in [-0.15, -0.1) is 24.8 Å². The molecule has 3 N–H and O–H groups in total. The van der Waals surface area contributed by atoms with Crippen molar-refractivity contribution in [2.75, 3.05) is 38.0 Å². The molecule has 8 heteroatoms. The average Bonchev–Trinajstić information content (AvgIpc) is 2.56. The van der Waals surface area contributed by atoms with Gasteiger partial charge in [-0.05, 0) is 31.2 Å². The standard InChI is InChI=1S/C18H28N4O2.2ClH/c1-3-21-8-10-22(11-9-21)18(24)13-15-4-6-16(7-5-15)20-17(23)12-14(2)19;;/h4-7,14H,3,8-13,19H2,1-2H3,(H,20,23);2*1H. The van der Waals surface area contributed by atoms with Crippen LogP contribution in [-0.2, 0) is 16.0 Å². The molecule has 0 spiro atoms. The molecule has 1 aliphatic heterocycles. The third-order valence-electron chi connectivity index (χ3n) is 4.27. The SMILES string of the molecule is CCN1CCN(C(=O)Cc2ccc(NC(=O)CC(C)N)cc2)CC1.Cl.Cl. The molecule has 1 unspecified atom stereocenters. The van der Waals surface area contributed by atoms with E-state index >= 15 is 0 Å². The molecule has 26 heavy (non-hydrogen) atoms. The minimum absolute atomic E-state index is 0. The number of halogens is 2. The summed E-state index contributed by atoms with van der Waals surface area (Å²) in [5, 5.41) is 2.81. The molecule has 0 aliphatic carbocycles. The van der Waals surface area contributed by atoms with E-state index in [9.17, 15) is 9.59 Å². The van der Waals surface area contributed by atoms with Gasteiger partial charge in [0, 0.05) is 44.3 Å². The largest absolute Gasteiger partial charge is 0.340 e. The van der Waals surface area contributed by atoms with Gasteiger partial charge < -0.3 is 20.9 Å². The van der Waals surface area contributed by atoms with Crippen molar-refractivity contribution in [1.29, 1.82) is 0 Å². The van der Waals surface area contributed by atoms with E-state index in [0.29, 0.717) is 12.8 Å². The number of nitrogens with one attached hydrogen (secondary N) is 1. The zero-order chi connectivity index (χ0) is 17.5. The van der Waals surface area contributed by atoms with Crippen LogP contribution >= 0.6 is 24.8 Å². The van der Waals surface area contributed by atoms with Crippen LogP contribution in [0, 0.1) is 0 Å². The van der Waals surface area contributed by atoms with Crippen LogP contribution < -0.4 is 11.1 Å². The van der Waals surface area contributed by atoms with Gasteiger partial charge in [-0.3, -0.25) is 9.59 Å². The second kappa shape index (κ2) is 12.1. The molecule has 1 aromatic carbocycles. The van der Waals surface area contributed by atoms with Crippen molar-refractivity contribution >= 4 is 42.3 Å².